The van der Waals surface area contributed by atoms with Crippen molar-refractivity contribution >= 4 is 25.5 Å². The largest absolute Gasteiger partial charge is 0.756 e. The molecule has 0 aromatic heterocycles. The Balaban J connectivity index is 4.43. The van der Waals surface area contributed by atoms with Crippen molar-refractivity contribution in [2.45, 2.75) is 206 Å². The molecule has 0 spiro atoms. The molecule has 0 amide bonds. The van der Waals surface area contributed by atoms with Gasteiger partial charge in [-0.3, -0.25) is 18.9 Å². The van der Waals surface area contributed by atoms with Crippen molar-refractivity contribution in [3.63, 3.8) is 0 Å². The fourth-order valence-electron chi connectivity index (χ4n) is 6.54. The standard InChI is InChI=1S/C52H92NO9P/c1-6-8-10-12-14-16-18-20-21-22-23-24-25-26-27-29-31-33-35-37-39-43-52(56)62-50(48-61-63(57,58)60-46-45-53(3,4)5)47-59-51(55)44-40-42-49(54)41-38-36-34-32-30-28-19-17-15-13-11-9-7-2/h15,17,20-21,28,30,34,36,38,41,50H,6-14,16,18-19,22-27,29,31-33,35,37,39-40,42-48H2,1-5H3/b17-15-,21-20-,30-28-,36-34-,41-38+/t50-/m1/s1. The third-order valence-electron chi connectivity index (χ3n) is 10.5. The van der Waals surface area contributed by atoms with Gasteiger partial charge in [-0.05, 0) is 70.3 Å². The van der Waals surface area contributed by atoms with E-state index < -0.39 is 32.5 Å². The first-order chi connectivity index (χ1) is 30.4. The highest BCUT2D eigenvalue weighted by Gasteiger charge is 2.22. The first-order valence-corrected chi connectivity index (χ1v) is 26.4. The van der Waals surface area contributed by atoms with Crippen LogP contribution in [0, 0.1) is 0 Å². The maximum atomic E-state index is 12.7. The molecule has 11 heteroatoms. The van der Waals surface area contributed by atoms with Crippen LogP contribution in [0.15, 0.2) is 60.8 Å². The zero-order chi connectivity index (χ0) is 46.5. The predicted molar refractivity (Wildman–Crippen MR) is 259 cm³/mol. The first kappa shape index (κ1) is 60.4. The highest BCUT2D eigenvalue weighted by molar-refractivity contribution is 7.45. The Morgan fingerprint density at radius 3 is 1.60 bits per heavy atom. The number of carbonyl (C=O) groups excluding carboxylic acids is 3. The van der Waals surface area contributed by atoms with Crippen molar-refractivity contribution in [2.24, 2.45) is 0 Å². The summed E-state index contributed by atoms with van der Waals surface area (Å²) in [5.74, 6) is -1.19. The molecule has 0 N–H and O–H groups in total. The molecule has 364 valence electrons. The van der Waals surface area contributed by atoms with Gasteiger partial charge < -0.3 is 27.9 Å². The average Bonchev–Trinajstić information content (AvgIpc) is 3.23. The second kappa shape index (κ2) is 43.3. The molecule has 0 aliphatic rings. The summed E-state index contributed by atoms with van der Waals surface area (Å²) in [7, 11) is 1.04. The topological polar surface area (TPSA) is 128 Å². The van der Waals surface area contributed by atoms with Crippen molar-refractivity contribution in [1.29, 1.82) is 0 Å². The van der Waals surface area contributed by atoms with E-state index in [1.807, 2.05) is 33.3 Å². The Morgan fingerprint density at radius 1 is 0.540 bits per heavy atom. The highest BCUT2D eigenvalue weighted by Crippen LogP contribution is 2.38. The first-order valence-electron chi connectivity index (χ1n) is 24.9. The molecular weight excluding hydrogens is 814 g/mol. The van der Waals surface area contributed by atoms with Crippen molar-refractivity contribution in [3.05, 3.63) is 60.8 Å². The number of allylic oxidation sites excluding steroid dienone is 10. The third-order valence-corrected chi connectivity index (χ3v) is 11.5. The number of nitrogens with zero attached hydrogens (tertiary/aromatic N) is 1. The van der Waals surface area contributed by atoms with Gasteiger partial charge in [-0.2, -0.15) is 0 Å². The normalized spacial score (nSPS) is 13.9. The number of phosphoric acid groups is 1. The van der Waals surface area contributed by atoms with Gasteiger partial charge in [0.15, 0.2) is 11.9 Å². The summed E-state index contributed by atoms with van der Waals surface area (Å²) in [6.07, 6.45) is 49.7. The Bertz CT molecular complexity index is 1320. The van der Waals surface area contributed by atoms with Gasteiger partial charge in [0.05, 0.1) is 27.7 Å². The fraction of sp³-hybridized carbons (Fsp3) is 0.750. The molecule has 0 aromatic carbocycles. The van der Waals surface area contributed by atoms with E-state index in [2.05, 4.69) is 50.3 Å². The van der Waals surface area contributed by atoms with E-state index in [0.29, 0.717) is 17.4 Å². The monoisotopic (exact) mass is 906 g/mol. The SMILES string of the molecule is CCCCC/C=C\C/C=C\C/C=C\C=C\C(=O)CCCC(=O)OC[C@H](COP(=O)([O-])OCC[N+](C)(C)C)OC(=O)CCCCCCCCCCCCC/C=C\CCCCCCCC. The number of phosphoric ester groups is 1. The Hall–Kier alpha value is -2.62. The van der Waals surface area contributed by atoms with E-state index in [1.54, 1.807) is 6.08 Å². The summed E-state index contributed by atoms with van der Waals surface area (Å²) in [6, 6.07) is 0. The van der Waals surface area contributed by atoms with Crippen LogP contribution in [0.2, 0.25) is 0 Å². The Morgan fingerprint density at radius 2 is 1.02 bits per heavy atom. The Labute approximate surface area is 385 Å². The lowest BCUT2D eigenvalue weighted by Gasteiger charge is -2.28. The van der Waals surface area contributed by atoms with Crippen LogP contribution < -0.4 is 4.89 Å². The van der Waals surface area contributed by atoms with Crippen LogP contribution in [-0.4, -0.2) is 75.8 Å². The molecule has 0 aromatic rings. The molecular formula is C52H92NO9P. The molecule has 1 unspecified atom stereocenters. The summed E-state index contributed by atoms with van der Waals surface area (Å²) in [5.41, 5.74) is 0. The minimum absolute atomic E-state index is 0.0136. The lowest BCUT2D eigenvalue weighted by atomic mass is 10.0. The van der Waals surface area contributed by atoms with Crippen LogP contribution in [0.1, 0.15) is 200 Å². The lowest BCUT2D eigenvalue weighted by Crippen LogP contribution is -2.37. The maximum Gasteiger partial charge on any atom is 0.306 e. The Kier molecular flexibility index (Phi) is 41.5. The van der Waals surface area contributed by atoms with Crippen LogP contribution in [-0.2, 0) is 37.5 Å². The molecule has 0 aliphatic heterocycles. The third kappa shape index (κ3) is 47.2. The summed E-state index contributed by atoms with van der Waals surface area (Å²) in [4.78, 5) is 49.9. The zero-order valence-electron chi connectivity index (χ0n) is 40.8. The maximum absolute atomic E-state index is 12.7. The molecule has 10 nitrogen and oxygen atoms in total. The second-order valence-corrected chi connectivity index (χ2v) is 19.3. The van der Waals surface area contributed by atoms with Gasteiger partial charge in [0.1, 0.15) is 19.8 Å². The zero-order valence-corrected chi connectivity index (χ0v) is 41.6. The molecule has 0 bridgehead atoms. The van der Waals surface area contributed by atoms with E-state index in [4.69, 9.17) is 18.5 Å². The second-order valence-electron chi connectivity index (χ2n) is 17.9. The average molecular weight is 906 g/mol. The molecule has 0 saturated heterocycles. The van der Waals surface area contributed by atoms with Crippen LogP contribution >= 0.6 is 7.82 Å². The van der Waals surface area contributed by atoms with Gasteiger partial charge in [-0.1, -0.05) is 171 Å². The van der Waals surface area contributed by atoms with Crippen molar-refractivity contribution in [1.82, 2.24) is 0 Å². The minimum Gasteiger partial charge on any atom is -0.756 e. The number of unbranched alkanes of at least 4 members (excludes halogenated alkanes) is 20. The van der Waals surface area contributed by atoms with E-state index in [1.165, 1.54) is 122 Å². The molecule has 2 atom stereocenters. The number of ether oxygens (including phenoxy) is 2. The predicted octanol–water partition coefficient (Wildman–Crippen LogP) is 13.4. The number of ketones is 1. The molecule has 63 heavy (non-hydrogen) atoms. The number of hydrogen-bond acceptors (Lipinski definition) is 9. The molecule has 0 fully saturated rings. The molecule has 0 aliphatic carbocycles. The van der Waals surface area contributed by atoms with Gasteiger partial charge in [-0.25, -0.2) is 0 Å². The number of likely N-dealkylation sites (N-methyl/N-ethyl adjacent to an activating group) is 1. The van der Waals surface area contributed by atoms with E-state index in [-0.39, 0.29) is 44.7 Å². The molecule has 0 radical (unpaired) electrons. The number of carbonyl (C=O) groups is 3. The van der Waals surface area contributed by atoms with E-state index in [0.717, 1.165) is 38.5 Å². The minimum atomic E-state index is -4.69. The van der Waals surface area contributed by atoms with Gasteiger partial charge in [-0.15, -0.1) is 0 Å². The number of hydrogen-bond donors (Lipinski definition) is 0. The number of quaternary nitrogens is 1. The fourth-order valence-corrected chi connectivity index (χ4v) is 7.27. The van der Waals surface area contributed by atoms with E-state index >= 15 is 0 Å². The van der Waals surface area contributed by atoms with Crippen molar-refractivity contribution in [2.75, 3.05) is 47.5 Å². The summed E-state index contributed by atoms with van der Waals surface area (Å²) in [5, 5.41) is 0. The van der Waals surface area contributed by atoms with Crippen LogP contribution in [0.5, 0.6) is 0 Å². The van der Waals surface area contributed by atoms with Crippen LogP contribution in [0.25, 0.3) is 0 Å². The lowest BCUT2D eigenvalue weighted by molar-refractivity contribution is -0.870. The molecule has 0 heterocycles. The highest BCUT2D eigenvalue weighted by atomic mass is 31.2. The summed E-state index contributed by atoms with van der Waals surface area (Å²) < 4.78 is 33.8. The van der Waals surface area contributed by atoms with Gasteiger partial charge in [0.25, 0.3) is 7.82 Å². The summed E-state index contributed by atoms with van der Waals surface area (Å²) in [6.45, 7) is 3.93. The van der Waals surface area contributed by atoms with Gasteiger partial charge >= 0.3 is 11.9 Å². The smallest absolute Gasteiger partial charge is 0.306 e. The number of esters is 2. The van der Waals surface area contributed by atoms with E-state index in [9.17, 15) is 23.8 Å². The van der Waals surface area contributed by atoms with Crippen LogP contribution in [0.4, 0.5) is 0 Å². The summed E-state index contributed by atoms with van der Waals surface area (Å²) >= 11 is 0. The van der Waals surface area contributed by atoms with Crippen molar-refractivity contribution in [3.8, 4) is 0 Å². The van der Waals surface area contributed by atoms with Gasteiger partial charge in [0.2, 0.25) is 0 Å². The number of rotatable bonds is 45. The molecule has 0 saturated carbocycles. The van der Waals surface area contributed by atoms with Crippen LogP contribution in [0.3, 0.4) is 0 Å². The van der Waals surface area contributed by atoms with Gasteiger partial charge in [0, 0.05) is 19.3 Å². The van der Waals surface area contributed by atoms with Crippen molar-refractivity contribution < 1.29 is 46.8 Å². The quantitative estimate of drug-likeness (QED) is 0.0112. The molecule has 0 rings (SSSR count).